The van der Waals surface area contributed by atoms with Gasteiger partial charge >= 0.3 is 0 Å². The molecular weight excluding hydrogens is 302 g/mol. The smallest absolute Gasteiger partial charge is 0.267 e. The number of hydrogen-bond donors (Lipinski definition) is 0. The molecule has 2 aromatic heterocycles. The molecule has 0 N–H and O–H groups in total. The van der Waals surface area contributed by atoms with Gasteiger partial charge in [-0.05, 0) is 24.9 Å². The van der Waals surface area contributed by atoms with Crippen LogP contribution in [0.3, 0.4) is 0 Å². The van der Waals surface area contributed by atoms with E-state index in [0.29, 0.717) is 18.0 Å². The summed E-state index contributed by atoms with van der Waals surface area (Å²) in [6.07, 6.45) is 0.738. The second-order valence-electron chi connectivity index (χ2n) is 5.41. The molecular formula is C14H19N5O2S. The fraction of sp³-hybridized carbons (Fsp3) is 0.571. The predicted octanol–water partition coefficient (Wildman–Crippen LogP) is 1.35. The zero-order valence-electron chi connectivity index (χ0n) is 12.8. The Morgan fingerprint density at radius 3 is 2.77 bits per heavy atom. The quantitative estimate of drug-likeness (QED) is 0.846. The summed E-state index contributed by atoms with van der Waals surface area (Å²) in [5.74, 6) is 0.930. The number of hydrogen-bond acceptors (Lipinski definition) is 7. The SMILES string of the molecule is CCc1nnsc1C(=O)N1CCN(Cc2cc(C)no2)CC1. The van der Waals surface area contributed by atoms with E-state index >= 15 is 0 Å². The van der Waals surface area contributed by atoms with Crippen LogP contribution in [0.15, 0.2) is 10.6 Å². The van der Waals surface area contributed by atoms with Crippen molar-refractivity contribution in [3.63, 3.8) is 0 Å². The molecule has 0 spiro atoms. The van der Waals surface area contributed by atoms with Gasteiger partial charge in [-0.3, -0.25) is 9.69 Å². The van der Waals surface area contributed by atoms with Crippen molar-refractivity contribution < 1.29 is 9.32 Å². The summed E-state index contributed by atoms with van der Waals surface area (Å²) in [5, 5.41) is 7.91. The van der Waals surface area contributed by atoms with Crippen molar-refractivity contribution in [2.45, 2.75) is 26.8 Å². The van der Waals surface area contributed by atoms with Gasteiger partial charge in [-0.15, -0.1) is 5.10 Å². The molecule has 1 amide bonds. The minimum absolute atomic E-state index is 0.0574. The molecule has 2 aromatic rings. The third-order valence-corrected chi connectivity index (χ3v) is 4.56. The highest BCUT2D eigenvalue weighted by atomic mass is 32.1. The maximum atomic E-state index is 12.5. The molecule has 0 atom stereocenters. The van der Waals surface area contributed by atoms with E-state index < -0.39 is 0 Å². The zero-order valence-corrected chi connectivity index (χ0v) is 13.6. The first-order chi connectivity index (χ1) is 10.7. The van der Waals surface area contributed by atoms with Gasteiger partial charge in [0.25, 0.3) is 5.91 Å². The molecule has 7 nitrogen and oxygen atoms in total. The summed E-state index contributed by atoms with van der Waals surface area (Å²) in [7, 11) is 0. The minimum Gasteiger partial charge on any atom is -0.360 e. The van der Waals surface area contributed by atoms with Crippen LogP contribution in [0, 0.1) is 6.92 Å². The van der Waals surface area contributed by atoms with Crippen LogP contribution < -0.4 is 0 Å². The minimum atomic E-state index is 0.0574. The van der Waals surface area contributed by atoms with E-state index in [1.165, 1.54) is 11.5 Å². The maximum Gasteiger partial charge on any atom is 0.267 e. The van der Waals surface area contributed by atoms with Gasteiger partial charge in [-0.25, -0.2) is 0 Å². The Morgan fingerprint density at radius 1 is 1.36 bits per heavy atom. The molecule has 0 saturated carbocycles. The number of aryl methyl sites for hydroxylation is 2. The Morgan fingerprint density at radius 2 is 2.14 bits per heavy atom. The summed E-state index contributed by atoms with van der Waals surface area (Å²) >= 11 is 1.19. The lowest BCUT2D eigenvalue weighted by Crippen LogP contribution is -2.48. The molecule has 1 aliphatic rings. The van der Waals surface area contributed by atoms with E-state index in [4.69, 9.17) is 4.52 Å². The van der Waals surface area contributed by atoms with Crippen LogP contribution in [0.2, 0.25) is 0 Å². The van der Waals surface area contributed by atoms with Crippen LogP contribution in [0.1, 0.15) is 33.7 Å². The third-order valence-electron chi connectivity index (χ3n) is 3.80. The highest BCUT2D eigenvalue weighted by Crippen LogP contribution is 2.16. The van der Waals surface area contributed by atoms with Gasteiger partial charge in [-0.1, -0.05) is 16.6 Å². The van der Waals surface area contributed by atoms with Gasteiger partial charge < -0.3 is 9.42 Å². The van der Waals surface area contributed by atoms with E-state index in [0.717, 1.165) is 43.2 Å². The fourth-order valence-corrected chi connectivity index (χ4v) is 3.29. The Bertz CT molecular complexity index is 645. The van der Waals surface area contributed by atoms with Crippen LogP contribution in [-0.2, 0) is 13.0 Å². The number of carbonyl (C=O) groups is 1. The van der Waals surface area contributed by atoms with E-state index in [1.54, 1.807) is 0 Å². The monoisotopic (exact) mass is 321 g/mol. The highest BCUT2D eigenvalue weighted by molar-refractivity contribution is 7.08. The molecule has 0 aliphatic carbocycles. The van der Waals surface area contributed by atoms with Gasteiger partial charge in [0.1, 0.15) is 4.88 Å². The molecule has 22 heavy (non-hydrogen) atoms. The summed E-state index contributed by atoms with van der Waals surface area (Å²) in [5.41, 5.74) is 1.70. The molecule has 0 radical (unpaired) electrons. The summed E-state index contributed by atoms with van der Waals surface area (Å²) < 4.78 is 9.14. The normalized spacial score (nSPS) is 16.2. The van der Waals surface area contributed by atoms with E-state index in [-0.39, 0.29) is 5.91 Å². The van der Waals surface area contributed by atoms with E-state index in [9.17, 15) is 4.79 Å². The number of aromatic nitrogens is 3. The van der Waals surface area contributed by atoms with Crippen molar-refractivity contribution in [2.75, 3.05) is 26.2 Å². The van der Waals surface area contributed by atoms with Crippen molar-refractivity contribution in [3.05, 3.63) is 28.1 Å². The summed E-state index contributed by atoms with van der Waals surface area (Å²) in [6, 6.07) is 1.95. The molecule has 3 rings (SSSR count). The first-order valence-electron chi connectivity index (χ1n) is 7.42. The number of piperazine rings is 1. The highest BCUT2D eigenvalue weighted by Gasteiger charge is 2.26. The molecule has 1 fully saturated rings. The van der Waals surface area contributed by atoms with Crippen molar-refractivity contribution in [1.29, 1.82) is 0 Å². The summed E-state index contributed by atoms with van der Waals surface area (Å²) in [4.78, 5) is 17.4. The molecule has 1 saturated heterocycles. The standard InChI is InChI=1S/C14H19N5O2S/c1-3-12-13(22-17-15-12)14(20)19-6-4-18(5-7-19)9-11-8-10(2)16-21-11/h8H,3-7,9H2,1-2H3. The van der Waals surface area contributed by atoms with Gasteiger partial charge in [0.05, 0.1) is 17.9 Å². The van der Waals surface area contributed by atoms with Crippen molar-refractivity contribution in [1.82, 2.24) is 24.5 Å². The molecule has 0 aromatic carbocycles. The average Bonchev–Trinajstić information content (AvgIpc) is 3.16. The summed E-state index contributed by atoms with van der Waals surface area (Å²) in [6.45, 7) is 7.74. The first kappa shape index (κ1) is 15.1. The lowest BCUT2D eigenvalue weighted by molar-refractivity contribution is 0.0621. The van der Waals surface area contributed by atoms with Gasteiger partial charge in [0, 0.05) is 32.2 Å². The average molecular weight is 321 g/mol. The zero-order chi connectivity index (χ0) is 15.5. The van der Waals surface area contributed by atoms with Crippen LogP contribution in [-0.4, -0.2) is 56.6 Å². The predicted molar refractivity (Wildman–Crippen MR) is 81.7 cm³/mol. The van der Waals surface area contributed by atoms with Crippen LogP contribution in [0.5, 0.6) is 0 Å². The number of carbonyl (C=O) groups excluding carboxylic acids is 1. The number of amides is 1. The first-order valence-corrected chi connectivity index (χ1v) is 8.19. The molecule has 8 heteroatoms. The Hall–Kier alpha value is -1.80. The van der Waals surface area contributed by atoms with E-state index in [1.807, 2.05) is 24.8 Å². The van der Waals surface area contributed by atoms with Crippen molar-refractivity contribution in [2.24, 2.45) is 0 Å². The molecule has 1 aliphatic heterocycles. The van der Waals surface area contributed by atoms with Crippen LogP contribution in [0.4, 0.5) is 0 Å². The van der Waals surface area contributed by atoms with Crippen LogP contribution in [0.25, 0.3) is 0 Å². The van der Waals surface area contributed by atoms with Gasteiger partial charge in [0.2, 0.25) is 0 Å². The second kappa shape index (κ2) is 6.53. The molecule has 0 bridgehead atoms. The molecule has 0 unspecified atom stereocenters. The largest absolute Gasteiger partial charge is 0.360 e. The third kappa shape index (κ3) is 3.17. The van der Waals surface area contributed by atoms with Crippen molar-refractivity contribution >= 4 is 17.4 Å². The Kier molecular flexibility index (Phi) is 4.49. The lowest BCUT2D eigenvalue weighted by atomic mass is 10.2. The fourth-order valence-electron chi connectivity index (χ4n) is 2.57. The Balaban J connectivity index is 1.56. The topological polar surface area (TPSA) is 75.4 Å². The molecule has 118 valence electrons. The van der Waals surface area contributed by atoms with Crippen molar-refractivity contribution in [3.8, 4) is 0 Å². The Labute approximate surface area is 133 Å². The van der Waals surface area contributed by atoms with Gasteiger partial charge in [-0.2, -0.15) is 0 Å². The number of nitrogens with zero attached hydrogens (tertiary/aromatic N) is 5. The lowest BCUT2D eigenvalue weighted by Gasteiger charge is -2.33. The number of rotatable bonds is 4. The maximum absolute atomic E-state index is 12.5. The molecule has 3 heterocycles. The van der Waals surface area contributed by atoms with Gasteiger partial charge in [0.15, 0.2) is 5.76 Å². The van der Waals surface area contributed by atoms with E-state index in [2.05, 4.69) is 19.6 Å². The second-order valence-corrected chi connectivity index (χ2v) is 6.16. The van der Waals surface area contributed by atoms with Crippen LogP contribution >= 0.6 is 11.5 Å².